The van der Waals surface area contributed by atoms with Gasteiger partial charge in [-0.1, -0.05) is 29.8 Å². The molecule has 2 aromatic carbocycles. The van der Waals surface area contributed by atoms with Crippen LogP contribution in [0, 0.1) is 0 Å². The molecule has 0 radical (unpaired) electrons. The fourth-order valence-corrected chi connectivity index (χ4v) is 3.06. The zero-order valence-electron chi connectivity index (χ0n) is 15.9. The fraction of sp³-hybridized carbons (Fsp3) is 0.286. The maximum atomic E-state index is 12.6. The van der Waals surface area contributed by atoms with Crippen molar-refractivity contribution in [3.63, 3.8) is 0 Å². The van der Waals surface area contributed by atoms with Crippen molar-refractivity contribution in [1.82, 2.24) is 14.7 Å². The van der Waals surface area contributed by atoms with Crippen LogP contribution in [-0.4, -0.2) is 40.8 Å². The van der Waals surface area contributed by atoms with E-state index in [-0.39, 0.29) is 17.9 Å². The van der Waals surface area contributed by atoms with Crippen molar-refractivity contribution in [3.05, 3.63) is 69.6 Å². The lowest BCUT2D eigenvalue weighted by Gasteiger charge is -2.18. The molecule has 6 nitrogen and oxygen atoms in total. The van der Waals surface area contributed by atoms with E-state index in [1.807, 2.05) is 30.3 Å². The van der Waals surface area contributed by atoms with E-state index in [2.05, 4.69) is 5.10 Å². The van der Waals surface area contributed by atoms with Crippen molar-refractivity contribution in [3.8, 4) is 5.75 Å². The van der Waals surface area contributed by atoms with E-state index in [0.717, 1.165) is 11.1 Å². The third-order valence-corrected chi connectivity index (χ3v) is 4.75. The van der Waals surface area contributed by atoms with E-state index in [1.54, 1.807) is 37.2 Å². The van der Waals surface area contributed by atoms with Gasteiger partial charge in [0.05, 0.1) is 24.1 Å². The summed E-state index contributed by atoms with van der Waals surface area (Å²) in [5.41, 5.74) is 0.437. The Bertz CT molecular complexity index is 1030. The minimum atomic E-state index is -0.167. The second-order valence-electron chi connectivity index (χ2n) is 6.57. The number of nitrogens with zero attached hydrogens (tertiary/aromatic N) is 3. The molecule has 0 saturated carbocycles. The van der Waals surface area contributed by atoms with Crippen LogP contribution >= 0.6 is 11.6 Å². The van der Waals surface area contributed by atoms with Crippen LogP contribution in [0.4, 0.5) is 0 Å². The van der Waals surface area contributed by atoms with Gasteiger partial charge in [-0.25, -0.2) is 4.68 Å². The van der Waals surface area contributed by atoms with Crippen LogP contribution in [0.3, 0.4) is 0 Å². The summed E-state index contributed by atoms with van der Waals surface area (Å²) < 4.78 is 6.93. The van der Waals surface area contributed by atoms with E-state index in [0.29, 0.717) is 35.7 Å². The highest BCUT2D eigenvalue weighted by Crippen LogP contribution is 2.16. The normalized spacial score (nSPS) is 10.8. The Morgan fingerprint density at radius 1 is 1.14 bits per heavy atom. The molecule has 7 heteroatoms. The van der Waals surface area contributed by atoms with Gasteiger partial charge in [0.1, 0.15) is 5.75 Å². The monoisotopic (exact) mass is 399 g/mol. The van der Waals surface area contributed by atoms with Crippen LogP contribution < -0.4 is 10.3 Å². The molecule has 0 bridgehead atoms. The highest BCUT2D eigenvalue weighted by molar-refractivity contribution is 6.30. The molecule has 0 aliphatic carbocycles. The van der Waals surface area contributed by atoms with Gasteiger partial charge < -0.3 is 9.64 Å². The largest absolute Gasteiger partial charge is 0.494 e. The molecule has 0 spiro atoms. The van der Waals surface area contributed by atoms with E-state index >= 15 is 0 Å². The molecular weight excluding hydrogens is 378 g/mol. The van der Waals surface area contributed by atoms with Gasteiger partial charge in [-0.2, -0.15) is 5.10 Å². The number of fused-ring (bicyclic) bond motifs is 1. The van der Waals surface area contributed by atoms with Gasteiger partial charge in [0.2, 0.25) is 5.91 Å². The zero-order chi connectivity index (χ0) is 20.1. The average molecular weight is 400 g/mol. The molecule has 3 rings (SSSR count). The number of carbonyl (C=O) groups excluding carboxylic acids is 1. The van der Waals surface area contributed by atoms with Crippen LogP contribution in [0.15, 0.2) is 53.3 Å². The van der Waals surface area contributed by atoms with Crippen LogP contribution in [-0.2, 0) is 18.3 Å². The van der Waals surface area contributed by atoms with Crippen molar-refractivity contribution in [1.29, 1.82) is 0 Å². The molecule has 0 saturated heterocycles. The summed E-state index contributed by atoms with van der Waals surface area (Å²) in [5, 5.41) is 6.24. The summed E-state index contributed by atoms with van der Waals surface area (Å²) in [6.45, 7) is 1.07. The highest BCUT2D eigenvalue weighted by Gasteiger charge is 2.15. The van der Waals surface area contributed by atoms with Gasteiger partial charge in [-0.05, 0) is 36.8 Å². The zero-order valence-corrected chi connectivity index (χ0v) is 16.6. The van der Waals surface area contributed by atoms with Crippen LogP contribution in [0.2, 0.25) is 5.02 Å². The number of ether oxygens (including phenoxy) is 1. The quantitative estimate of drug-likeness (QED) is 0.573. The first kappa shape index (κ1) is 19.9. The molecule has 0 aliphatic rings. The van der Waals surface area contributed by atoms with E-state index in [1.165, 1.54) is 4.68 Å². The summed E-state index contributed by atoms with van der Waals surface area (Å²) in [6.07, 6.45) is 0.843. The Morgan fingerprint density at radius 3 is 2.54 bits per heavy atom. The number of hydrogen-bond donors (Lipinski definition) is 0. The lowest BCUT2D eigenvalue weighted by Crippen LogP contribution is -2.31. The van der Waals surface area contributed by atoms with Crippen molar-refractivity contribution < 1.29 is 9.53 Å². The minimum Gasteiger partial charge on any atom is -0.494 e. The molecule has 1 aromatic heterocycles. The first-order valence-corrected chi connectivity index (χ1v) is 9.41. The lowest BCUT2D eigenvalue weighted by atomic mass is 10.1. The van der Waals surface area contributed by atoms with Crippen LogP contribution in [0.5, 0.6) is 5.75 Å². The summed E-state index contributed by atoms with van der Waals surface area (Å²) in [6, 6.07) is 14.4. The number of benzene rings is 2. The Labute approximate surface area is 168 Å². The number of amides is 1. The third-order valence-electron chi connectivity index (χ3n) is 4.50. The van der Waals surface area contributed by atoms with Gasteiger partial charge in [0.15, 0.2) is 0 Å². The molecule has 0 aliphatic heterocycles. The number of hydrogen-bond acceptors (Lipinski definition) is 4. The maximum Gasteiger partial charge on any atom is 0.274 e. The van der Waals surface area contributed by atoms with E-state index in [9.17, 15) is 9.59 Å². The maximum absolute atomic E-state index is 12.6. The Kier molecular flexibility index (Phi) is 6.31. The number of rotatable bonds is 7. The second kappa shape index (κ2) is 8.89. The van der Waals surface area contributed by atoms with Gasteiger partial charge in [-0.15, -0.1) is 0 Å². The summed E-state index contributed by atoms with van der Waals surface area (Å²) in [4.78, 5) is 26.5. The predicted molar refractivity (Wildman–Crippen MR) is 110 cm³/mol. The van der Waals surface area contributed by atoms with Gasteiger partial charge in [-0.3, -0.25) is 9.59 Å². The van der Waals surface area contributed by atoms with Crippen molar-refractivity contribution >= 4 is 28.3 Å². The summed E-state index contributed by atoms with van der Waals surface area (Å²) in [5.74, 6) is 0.696. The van der Waals surface area contributed by atoms with Gasteiger partial charge >= 0.3 is 0 Å². The molecule has 0 unspecified atom stereocenters. The topological polar surface area (TPSA) is 64.4 Å². The Hall–Kier alpha value is -2.86. The molecule has 0 N–H and O–H groups in total. The summed E-state index contributed by atoms with van der Waals surface area (Å²) in [7, 11) is 3.36. The average Bonchev–Trinajstić information content (AvgIpc) is 2.70. The van der Waals surface area contributed by atoms with Gasteiger partial charge in [0, 0.05) is 31.0 Å². The second-order valence-corrected chi connectivity index (χ2v) is 7.01. The Balaban J connectivity index is 1.57. The van der Waals surface area contributed by atoms with Gasteiger partial charge in [0.25, 0.3) is 5.56 Å². The van der Waals surface area contributed by atoms with Crippen molar-refractivity contribution in [2.45, 2.75) is 12.8 Å². The number of carbonyl (C=O) groups is 1. The first-order chi connectivity index (χ1) is 13.5. The standard InChI is InChI=1S/C21H22ClN3O3/c1-24(12-5-13-28-16-10-8-15(22)9-11-16)20(26)14-19-17-6-3-4-7-18(17)21(27)25(2)23-19/h3-4,6-11H,5,12-14H2,1-2H3. The minimum absolute atomic E-state index is 0.0530. The van der Waals surface area contributed by atoms with Crippen LogP contribution in [0.1, 0.15) is 12.1 Å². The molecule has 1 amide bonds. The highest BCUT2D eigenvalue weighted by atomic mass is 35.5. The molecule has 0 atom stereocenters. The number of aromatic nitrogens is 2. The Morgan fingerprint density at radius 2 is 1.82 bits per heavy atom. The molecule has 146 valence electrons. The van der Waals surface area contributed by atoms with E-state index in [4.69, 9.17) is 16.3 Å². The number of halogens is 1. The fourth-order valence-electron chi connectivity index (χ4n) is 2.93. The number of likely N-dealkylation sites (N-methyl/N-ethyl adjacent to an activating group) is 1. The third kappa shape index (κ3) is 4.70. The first-order valence-electron chi connectivity index (χ1n) is 9.03. The predicted octanol–water partition coefficient (Wildman–Crippen LogP) is 3.06. The summed E-state index contributed by atoms with van der Waals surface area (Å²) >= 11 is 5.85. The van der Waals surface area contributed by atoms with Crippen molar-refractivity contribution in [2.75, 3.05) is 20.2 Å². The van der Waals surface area contributed by atoms with Crippen molar-refractivity contribution in [2.24, 2.45) is 7.05 Å². The number of aryl methyl sites for hydroxylation is 1. The SMILES string of the molecule is CN(CCCOc1ccc(Cl)cc1)C(=O)Cc1nn(C)c(=O)c2ccccc12. The molecule has 1 heterocycles. The van der Waals surface area contributed by atoms with E-state index < -0.39 is 0 Å². The smallest absolute Gasteiger partial charge is 0.274 e. The molecule has 0 fully saturated rings. The molecule has 28 heavy (non-hydrogen) atoms. The molecular formula is C21H22ClN3O3. The lowest BCUT2D eigenvalue weighted by molar-refractivity contribution is -0.129. The van der Waals surface area contributed by atoms with Crippen LogP contribution in [0.25, 0.3) is 10.8 Å². The molecule has 3 aromatic rings.